The molecule has 0 aromatic heterocycles. The second-order valence-corrected chi connectivity index (χ2v) is 4.13. The largest absolute Gasteiger partial charge is 0.507 e. The van der Waals surface area contributed by atoms with Gasteiger partial charge in [-0.3, -0.25) is 4.79 Å². The fraction of sp³-hybridized carbons (Fsp3) is 0.500. The first-order valence-corrected chi connectivity index (χ1v) is 6.21. The van der Waals surface area contributed by atoms with E-state index in [1.165, 1.54) is 14.2 Å². The van der Waals surface area contributed by atoms with E-state index >= 15 is 0 Å². The Labute approximate surface area is 112 Å². The highest BCUT2D eigenvalue weighted by Crippen LogP contribution is 2.39. The Bertz CT molecular complexity index is 454. The van der Waals surface area contributed by atoms with Gasteiger partial charge >= 0.3 is 0 Å². The molecule has 5 nitrogen and oxygen atoms in total. The van der Waals surface area contributed by atoms with Gasteiger partial charge in [-0.05, 0) is 6.42 Å². The fourth-order valence-corrected chi connectivity index (χ4v) is 1.98. The fourth-order valence-electron chi connectivity index (χ4n) is 1.98. The van der Waals surface area contributed by atoms with Crippen LogP contribution in [0.3, 0.4) is 0 Å². The zero-order chi connectivity index (χ0) is 14.4. The quantitative estimate of drug-likeness (QED) is 0.739. The molecule has 19 heavy (non-hydrogen) atoms. The Morgan fingerprint density at radius 3 is 2.37 bits per heavy atom. The SMILES string of the molecule is CCCC(=O)c1c(OC)cc(OC)c(CCO)c1O. The van der Waals surface area contributed by atoms with Crippen LogP contribution < -0.4 is 9.47 Å². The number of phenolic OH excluding ortho intramolecular Hbond substituents is 1. The highest BCUT2D eigenvalue weighted by molar-refractivity contribution is 6.02. The molecule has 5 heteroatoms. The van der Waals surface area contributed by atoms with Gasteiger partial charge < -0.3 is 19.7 Å². The lowest BCUT2D eigenvalue weighted by atomic mass is 9.98. The molecule has 0 saturated heterocycles. The van der Waals surface area contributed by atoms with E-state index in [0.29, 0.717) is 24.2 Å². The summed E-state index contributed by atoms with van der Waals surface area (Å²) in [5, 5.41) is 19.3. The van der Waals surface area contributed by atoms with Gasteiger partial charge in [-0.1, -0.05) is 6.92 Å². The van der Waals surface area contributed by atoms with Gasteiger partial charge in [0, 0.05) is 31.1 Å². The van der Waals surface area contributed by atoms with Crippen LogP contribution in [0, 0.1) is 0 Å². The summed E-state index contributed by atoms with van der Waals surface area (Å²) in [6.45, 7) is 1.75. The van der Waals surface area contributed by atoms with Crippen molar-refractivity contribution in [2.45, 2.75) is 26.2 Å². The Hall–Kier alpha value is -1.75. The maximum atomic E-state index is 12.1. The van der Waals surface area contributed by atoms with Gasteiger partial charge in [0.2, 0.25) is 0 Å². The maximum absolute atomic E-state index is 12.1. The van der Waals surface area contributed by atoms with Crippen LogP contribution in [-0.2, 0) is 6.42 Å². The average Bonchev–Trinajstić information content (AvgIpc) is 2.40. The van der Waals surface area contributed by atoms with E-state index in [9.17, 15) is 9.90 Å². The molecular weight excluding hydrogens is 248 g/mol. The van der Waals surface area contributed by atoms with Crippen LogP contribution in [0.2, 0.25) is 0 Å². The summed E-state index contributed by atoms with van der Waals surface area (Å²) in [6, 6.07) is 1.56. The number of ketones is 1. The summed E-state index contributed by atoms with van der Waals surface area (Å²) in [4.78, 5) is 12.1. The molecule has 0 atom stereocenters. The lowest BCUT2D eigenvalue weighted by Gasteiger charge is -2.16. The van der Waals surface area contributed by atoms with Crippen LogP contribution in [0.15, 0.2) is 6.07 Å². The molecule has 2 N–H and O–H groups in total. The van der Waals surface area contributed by atoms with Crippen LogP contribution in [0.5, 0.6) is 17.2 Å². The van der Waals surface area contributed by atoms with Crippen molar-refractivity contribution >= 4 is 5.78 Å². The number of Topliss-reactive ketones (excluding diaryl/α,β-unsaturated/α-hetero) is 1. The molecule has 0 aliphatic rings. The number of aliphatic hydroxyl groups is 1. The molecule has 1 aromatic carbocycles. The molecule has 1 rings (SSSR count). The van der Waals surface area contributed by atoms with E-state index in [1.54, 1.807) is 6.07 Å². The predicted molar refractivity (Wildman–Crippen MR) is 71.2 cm³/mol. The average molecular weight is 268 g/mol. The first-order chi connectivity index (χ1) is 9.10. The zero-order valence-electron chi connectivity index (χ0n) is 11.5. The molecule has 0 spiro atoms. The molecular formula is C14H20O5. The van der Waals surface area contributed by atoms with E-state index in [2.05, 4.69) is 0 Å². The molecule has 0 radical (unpaired) electrons. The van der Waals surface area contributed by atoms with Gasteiger partial charge in [0.15, 0.2) is 5.78 Å². The van der Waals surface area contributed by atoms with Crippen molar-refractivity contribution in [2.75, 3.05) is 20.8 Å². The minimum atomic E-state index is -0.182. The molecule has 0 fully saturated rings. The number of carbonyl (C=O) groups excluding carboxylic acids is 1. The summed E-state index contributed by atoms with van der Waals surface area (Å²) in [5.41, 5.74) is 0.582. The molecule has 0 aliphatic heterocycles. The van der Waals surface area contributed by atoms with Crippen LogP contribution in [0.4, 0.5) is 0 Å². The van der Waals surface area contributed by atoms with Gasteiger partial charge in [-0.25, -0.2) is 0 Å². The van der Waals surface area contributed by atoms with E-state index in [0.717, 1.165) is 0 Å². The number of aliphatic hydroxyl groups excluding tert-OH is 1. The highest BCUT2D eigenvalue weighted by atomic mass is 16.5. The monoisotopic (exact) mass is 268 g/mol. The third kappa shape index (κ3) is 3.17. The maximum Gasteiger partial charge on any atom is 0.170 e. The number of methoxy groups -OCH3 is 2. The number of hydrogen-bond donors (Lipinski definition) is 2. The Morgan fingerprint density at radius 2 is 1.89 bits per heavy atom. The molecule has 0 unspecified atom stereocenters. The van der Waals surface area contributed by atoms with Crippen LogP contribution in [-0.4, -0.2) is 36.8 Å². The Balaban J connectivity index is 3.42. The summed E-state index contributed by atoms with van der Waals surface area (Å²) >= 11 is 0. The van der Waals surface area contributed by atoms with Gasteiger partial charge in [0.25, 0.3) is 0 Å². The first-order valence-electron chi connectivity index (χ1n) is 6.21. The molecule has 0 amide bonds. The van der Waals surface area contributed by atoms with E-state index < -0.39 is 0 Å². The minimum Gasteiger partial charge on any atom is -0.507 e. The number of rotatable bonds is 7. The lowest BCUT2D eigenvalue weighted by molar-refractivity contribution is 0.0975. The standard InChI is InChI=1S/C14H20O5/c1-4-5-10(16)13-12(19-3)8-11(18-2)9(6-7-15)14(13)17/h8,15,17H,4-7H2,1-3H3. The Morgan fingerprint density at radius 1 is 1.26 bits per heavy atom. The second-order valence-electron chi connectivity index (χ2n) is 4.13. The third-order valence-corrected chi connectivity index (χ3v) is 2.89. The summed E-state index contributed by atoms with van der Waals surface area (Å²) < 4.78 is 10.3. The summed E-state index contributed by atoms with van der Waals surface area (Å²) in [7, 11) is 2.89. The number of aromatic hydroxyl groups is 1. The van der Waals surface area contributed by atoms with Crippen molar-refractivity contribution < 1.29 is 24.5 Å². The van der Waals surface area contributed by atoms with Gasteiger partial charge in [0.05, 0.1) is 14.2 Å². The number of hydrogen-bond acceptors (Lipinski definition) is 5. The van der Waals surface area contributed by atoms with Crippen LogP contribution in [0.1, 0.15) is 35.7 Å². The molecule has 0 saturated carbocycles. The van der Waals surface area contributed by atoms with Gasteiger partial charge in [-0.15, -0.1) is 0 Å². The molecule has 106 valence electrons. The van der Waals surface area contributed by atoms with Crippen molar-refractivity contribution in [1.29, 1.82) is 0 Å². The molecule has 0 bridgehead atoms. The zero-order valence-corrected chi connectivity index (χ0v) is 11.5. The third-order valence-electron chi connectivity index (χ3n) is 2.89. The number of benzene rings is 1. The van der Waals surface area contributed by atoms with E-state index in [1.807, 2.05) is 6.92 Å². The molecule has 0 aliphatic carbocycles. The predicted octanol–water partition coefficient (Wildman–Crippen LogP) is 1.93. The van der Waals surface area contributed by atoms with E-state index in [4.69, 9.17) is 14.6 Å². The Kier molecular flexibility index (Phi) is 5.63. The first kappa shape index (κ1) is 15.3. The number of carbonyl (C=O) groups is 1. The lowest BCUT2D eigenvalue weighted by Crippen LogP contribution is -2.06. The second kappa shape index (κ2) is 6.99. The van der Waals surface area contributed by atoms with Crippen molar-refractivity contribution in [3.63, 3.8) is 0 Å². The molecule has 0 heterocycles. The van der Waals surface area contributed by atoms with Crippen molar-refractivity contribution in [3.8, 4) is 17.2 Å². The highest BCUT2D eigenvalue weighted by Gasteiger charge is 2.23. The van der Waals surface area contributed by atoms with Crippen molar-refractivity contribution in [2.24, 2.45) is 0 Å². The van der Waals surface area contributed by atoms with Crippen molar-refractivity contribution in [1.82, 2.24) is 0 Å². The van der Waals surface area contributed by atoms with E-state index in [-0.39, 0.29) is 35.9 Å². The van der Waals surface area contributed by atoms with Crippen molar-refractivity contribution in [3.05, 3.63) is 17.2 Å². The summed E-state index contributed by atoms with van der Waals surface area (Å²) in [5.74, 6) is 0.341. The topological polar surface area (TPSA) is 76.0 Å². The number of phenols is 1. The van der Waals surface area contributed by atoms with Gasteiger partial charge in [-0.2, -0.15) is 0 Å². The normalized spacial score (nSPS) is 10.3. The van der Waals surface area contributed by atoms with Crippen LogP contribution >= 0.6 is 0 Å². The van der Waals surface area contributed by atoms with Gasteiger partial charge in [0.1, 0.15) is 22.8 Å². The molecule has 1 aromatic rings. The van der Waals surface area contributed by atoms with Crippen LogP contribution in [0.25, 0.3) is 0 Å². The smallest absolute Gasteiger partial charge is 0.170 e. The number of ether oxygens (including phenoxy) is 2. The summed E-state index contributed by atoms with van der Waals surface area (Å²) in [6.07, 6.45) is 1.23. The minimum absolute atomic E-state index is 0.141.